The molecule has 0 atom stereocenters. The Kier molecular flexibility index (Phi) is 4.24. The van der Waals surface area contributed by atoms with E-state index in [2.05, 4.69) is 10.3 Å². The van der Waals surface area contributed by atoms with E-state index in [0.29, 0.717) is 24.7 Å². The van der Waals surface area contributed by atoms with Gasteiger partial charge in [-0.15, -0.1) is 0 Å². The van der Waals surface area contributed by atoms with Crippen LogP contribution in [0.3, 0.4) is 0 Å². The summed E-state index contributed by atoms with van der Waals surface area (Å²) in [6.45, 7) is 5.36. The maximum atomic E-state index is 12.5. The molecule has 1 aliphatic rings. The van der Waals surface area contributed by atoms with E-state index in [1.807, 2.05) is 54.8 Å². The Morgan fingerprint density at radius 1 is 1.12 bits per heavy atom. The lowest BCUT2D eigenvalue weighted by Crippen LogP contribution is -2.19. The first-order chi connectivity index (χ1) is 12.6. The number of imidazole rings is 1. The Morgan fingerprint density at radius 2 is 1.81 bits per heavy atom. The van der Waals surface area contributed by atoms with Crippen LogP contribution in [0.4, 0.5) is 5.69 Å². The van der Waals surface area contributed by atoms with Crippen molar-refractivity contribution in [2.45, 2.75) is 26.8 Å². The van der Waals surface area contributed by atoms with Gasteiger partial charge < -0.3 is 19.4 Å². The van der Waals surface area contributed by atoms with Crippen molar-refractivity contribution >= 4 is 22.6 Å². The van der Waals surface area contributed by atoms with Gasteiger partial charge in [0.05, 0.1) is 24.2 Å². The number of hydrogen-bond donors (Lipinski definition) is 1. The second kappa shape index (κ2) is 6.71. The minimum atomic E-state index is -0.0941. The molecule has 1 amide bonds. The average molecular weight is 351 g/mol. The Labute approximate surface area is 151 Å². The van der Waals surface area contributed by atoms with Gasteiger partial charge >= 0.3 is 0 Å². The van der Waals surface area contributed by atoms with Crippen LogP contribution in [0.15, 0.2) is 36.4 Å². The monoisotopic (exact) mass is 351 g/mol. The molecular weight excluding hydrogens is 330 g/mol. The molecule has 1 N–H and O–H groups in total. The molecule has 0 unspecified atom stereocenters. The zero-order valence-corrected chi connectivity index (χ0v) is 14.9. The molecule has 0 saturated carbocycles. The predicted octanol–water partition coefficient (Wildman–Crippen LogP) is 3.45. The summed E-state index contributed by atoms with van der Waals surface area (Å²) in [6.07, 6.45) is 0.852. The molecule has 2 aromatic carbocycles. The van der Waals surface area contributed by atoms with E-state index in [1.54, 1.807) is 0 Å². The van der Waals surface area contributed by atoms with Gasteiger partial charge in [-0.05, 0) is 26.0 Å². The minimum absolute atomic E-state index is 0.0941. The summed E-state index contributed by atoms with van der Waals surface area (Å²) in [5, 5.41) is 2.93. The van der Waals surface area contributed by atoms with Gasteiger partial charge in [0.15, 0.2) is 11.5 Å². The molecule has 1 aliphatic heterocycles. The molecule has 26 heavy (non-hydrogen) atoms. The normalized spacial score (nSPS) is 13.5. The average Bonchev–Trinajstić information content (AvgIpc) is 2.79. The number of nitrogens with one attached hydrogen (secondary N) is 1. The van der Waals surface area contributed by atoms with Crippen LogP contribution in [0.5, 0.6) is 11.5 Å². The first kappa shape index (κ1) is 16.4. The number of benzene rings is 2. The summed E-state index contributed by atoms with van der Waals surface area (Å²) >= 11 is 0. The van der Waals surface area contributed by atoms with E-state index in [-0.39, 0.29) is 12.5 Å². The first-order valence-electron chi connectivity index (χ1n) is 8.73. The topological polar surface area (TPSA) is 65.4 Å². The van der Waals surface area contributed by atoms with Gasteiger partial charge in [-0.2, -0.15) is 0 Å². The molecule has 4 rings (SSSR count). The molecule has 2 heterocycles. The third-order valence-electron chi connectivity index (χ3n) is 4.45. The van der Waals surface area contributed by atoms with E-state index in [0.717, 1.165) is 34.5 Å². The largest absolute Gasteiger partial charge is 0.489 e. The number of anilines is 1. The third-order valence-corrected chi connectivity index (χ3v) is 4.45. The van der Waals surface area contributed by atoms with Crippen LogP contribution < -0.4 is 14.8 Å². The molecule has 0 saturated heterocycles. The van der Waals surface area contributed by atoms with Gasteiger partial charge in [-0.25, -0.2) is 4.98 Å². The lowest BCUT2D eigenvalue weighted by atomic mass is 10.2. The van der Waals surface area contributed by atoms with Crippen LogP contribution in [-0.2, 0) is 11.3 Å². The molecule has 0 bridgehead atoms. The number of nitrogens with zero attached hydrogens (tertiary/aromatic N) is 2. The van der Waals surface area contributed by atoms with Crippen molar-refractivity contribution in [3.63, 3.8) is 0 Å². The van der Waals surface area contributed by atoms with Gasteiger partial charge in [-0.3, -0.25) is 4.79 Å². The second-order valence-electron chi connectivity index (χ2n) is 6.50. The van der Waals surface area contributed by atoms with Crippen molar-refractivity contribution in [2.24, 2.45) is 0 Å². The van der Waals surface area contributed by atoms with Crippen molar-refractivity contribution in [2.75, 3.05) is 18.5 Å². The highest BCUT2D eigenvalue weighted by molar-refractivity contribution is 5.92. The second-order valence-corrected chi connectivity index (χ2v) is 6.50. The smallest absolute Gasteiger partial charge is 0.244 e. The van der Waals surface area contributed by atoms with Gasteiger partial charge in [0.2, 0.25) is 5.91 Å². The van der Waals surface area contributed by atoms with E-state index in [1.165, 1.54) is 0 Å². The number of hydrogen-bond acceptors (Lipinski definition) is 4. The molecular formula is C20H21N3O3. The van der Waals surface area contributed by atoms with Gasteiger partial charge in [0.25, 0.3) is 0 Å². The number of aromatic nitrogens is 2. The number of fused-ring (bicyclic) bond motifs is 2. The van der Waals surface area contributed by atoms with Crippen LogP contribution in [0.2, 0.25) is 0 Å². The summed E-state index contributed by atoms with van der Waals surface area (Å²) in [6, 6.07) is 11.5. The standard InChI is InChI=1S/C20H21N3O3/c1-13-4-6-15(7-5-13)22-20(24)12-23-14(2)21-16-10-18-19(11-17(16)23)26-9-3-8-25-18/h4-7,10-11H,3,8-9,12H2,1-2H3,(H,22,24). The maximum Gasteiger partial charge on any atom is 0.244 e. The van der Waals surface area contributed by atoms with E-state index < -0.39 is 0 Å². The first-order valence-corrected chi connectivity index (χ1v) is 8.73. The lowest BCUT2D eigenvalue weighted by molar-refractivity contribution is -0.116. The summed E-state index contributed by atoms with van der Waals surface area (Å²) in [4.78, 5) is 17.1. The lowest BCUT2D eigenvalue weighted by Gasteiger charge is -2.10. The third kappa shape index (κ3) is 3.22. The fraction of sp³-hybridized carbons (Fsp3) is 0.300. The van der Waals surface area contributed by atoms with Gasteiger partial charge in [0.1, 0.15) is 12.4 Å². The van der Waals surface area contributed by atoms with Crippen LogP contribution in [0.1, 0.15) is 17.8 Å². The molecule has 0 fully saturated rings. The van der Waals surface area contributed by atoms with E-state index in [4.69, 9.17) is 9.47 Å². The molecule has 134 valence electrons. The highest BCUT2D eigenvalue weighted by Gasteiger charge is 2.17. The van der Waals surface area contributed by atoms with Crippen molar-refractivity contribution in [3.05, 3.63) is 47.8 Å². The van der Waals surface area contributed by atoms with E-state index >= 15 is 0 Å². The predicted molar refractivity (Wildman–Crippen MR) is 99.9 cm³/mol. The van der Waals surface area contributed by atoms with Crippen LogP contribution in [-0.4, -0.2) is 28.7 Å². The number of rotatable bonds is 3. The van der Waals surface area contributed by atoms with Crippen molar-refractivity contribution in [1.29, 1.82) is 0 Å². The number of aryl methyl sites for hydroxylation is 2. The molecule has 6 heteroatoms. The Hall–Kier alpha value is -3.02. The maximum absolute atomic E-state index is 12.5. The zero-order valence-electron chi connectivity index (χ0n) is 14.9. The molecule has 0 aliphatic carbocycles. The zero-order chi connectivity index (χ0) is 18.1. The molecule has 0 radical (unpaired) electrons. The summed E-state index contributed by atoms with van der Waals surface area (Å²) in [5.74, 6) is 2.10. The summed E-state index contributed by atoms with van der Waals surface area (Å²) in [5.41, 5.74) is 3.61. The quantitative estimate of drug-likeness (QED) is 0.785. The fourth-order valence-corrected chi connectivity index (χ4v) is 3.08. The van der Waals surface area contributed by atoms with Gasteiger partial charge in [-0.1, -0.05) is 17.7 Å². The number of ether oxygens (including phenoxy) is 2. The van der Waals surface area contributed by atoms with Gasteiger partial charge in [0, 0.05) is 24.2 Å². The summed E-state index contributed by atoms with van der Waals surface area (Å²) < 4.78 is 13.4. The Balaban J connectivity index is 1.61. The Bertz CT molecular complexity index is 961. The molecule has 0 spiro atoms. The van der Waals surface area contributed by atoms with E-state index in [9.17, 15) is 4.79 Å². The van der Waals surface area contributed by atoms with Crippen LogP contribution in [0, 0.1) is 13.8 Å². The number of carbonyl (C=O) groups excluding carboxylic acids is 1. The highest BCUT2D eigenvalue weighted by atomic mass is 16.5. The minimum Gasteiger partial charge on any atom is -0.489 e. The molecule has 3 aromatic rings. The fourth-order valence-electron chi connectivity index (χ4n) is 3.08. The number of carbonyl (C=O) groups is 1. The SMILES string of the molecule is Cc1ccc(NC(=O)Cn2c(C)nc3cc4c(cc32)OCCCO4)cc1. The molecule has 6 nitrogen and oxygen atoms in total. The van der Waals surface area contributed by atoms with Crippen molar-refractivity contribution in [3.8, 4) is 11.5 Å². The number of amides is 1. The van der Waals surface area contributed by atoms with Crippen molar-refractivity contribution in [1.82, 2.24) is 9.55 Å². The summed E-state index contributed by atoms with van der Waals surface area (Å²) in [7, 11) is 0. The Morgan fingerprint density at radius 3 is 2.54 bits per heavy atom. The van der Waals surface area contributed by atoms with Crippen LogP contribution >= 0.6 is 0 Å². The van der Waals surface area contributed by atoms with Crippen LogP contribution in [0.25, 0.3) is 11.0 Å². The van der Waals surface area contributed by atoms with Crippen molar-refractivity contribution < 1.29 is 14.3 Å². The highest BCUT2D eigenvalue weighted by Crippen LogP contribution is 2.34. The molecule has 1 aromatic heterocycles.